The van der Waals surface area contributed by atoms with Crippen LogP contribution in [0.25, 0.3) is 0 Å². The highest BCUT2D eigenvalue weighted by atomic mass is 32.2. The van der Waals surface area contributed by atoms with Crippen LogP contribution in [-0.4, -0.2) is 37.5 Å². The molecule has 0 saturated heterocycles. The van der Waals surface area contributed by atoms with Gasteiger partial charge in [0.2, 0.25) is 10.0 Å². The molecule has 116 valence electrons. The summed E-state index contributed by atoms with van der Waals surface area (Å²) in [6.07, 6.45) is -4.83. The van der Waals surface area contributed by atoms with E-state index in [-0.39, 0.29) is 13.1 Å². The Kier molecular flexibility index (Phi) is 5.33. The molecule has 0 spiro atoms. The maximum absolute atomic E-state index is 12.8. The average Bonchev–Trinajstić information content (AvgIpc) is 2.42. The largest absolute Gasteiger partial charge is 0.417 e. The van der Waals surface area contributed by atoms with Gasteiger partial charge in [0.15, 0.2) is 0 Å². The molecular formula is C12H13F3N2O3S. The van der Waals surface area contributed by atoms with Crippen LogP contribution in [0.4, 0.5) is 13.2 Å². The molecule has 0 saturated carbocycles. The first-order chi connectivity index (χ1) is 9.68. The van der Waals surface area contributed by atoms with Crippen molar-refractivity contribution in [3.05, 3.63) is 29.3 Å². The Bertz CT molecular complexity index is 651. The Hall–Kier alpha value is -1.63. The van der Waals surface area contributed by atoms with Crippen molar-refractivity contribution in [2.45, 2.75) is 18.0 Å². The number of nitrogens with zero attached hydrogens (tertiary/aromatic N) is 2. The van der Waals surface area contributed by atoms with E-state index >= 15 is 0 Å². The first-order valence-electron chi connectivity index (χ1n) is 5.90. The molecule has 0 aromatic heterocycles. The maximum Gasteiger partial charge on any atom is 0.417 e. The van der Waals surface area contributed by atoms with E-state index < -0.39 is 38.8 Å². The highest BCUT2D eigenvalue weighted by Gasteiger charge is 2.35. The second kappa shape index (κ2) is 6.43. The SMILES string of the molecule is CCN(CCO)S(=O)(=O)c1ccc(C#N)c(C(F)(F)F)c1. The van der Waals surface area contributed by atoms with Crippen molar-refractivity contribution in [1.29, 1.82) is 5.26 Å². The van der Waals surface area contributed by atoms with E-state index in [1.165, 1.54) is 13.0 Å². The smallest absolute Gasteiger partial charge is 0.395 e. The minimum absolute atomic E-state index is 0.00421. The number of nitriles is 1. The molecule has 0 heterocycles. The zero-order chi connectivity index (χ0) is 16.3. The van der Waals surface area contributed by atoms with Crippen LogP contribution in [0.15, 0.2) is 23.1 Å². The molecule has 1 N–H and O–H groups in total. The lowest BCUT2D eigenvalue weighted by molar-refractivity contribution is -0.137. The Morgan fingerprint density at radius 1 is 1.38 bits per heavy atom. The number of aliphatic hydroxyl groups is 1. The minimum Gasteiger partial charge on any atom is -0.395 e. The summed E-state index contributed by atoms with van der Waals surface area (Å²) in [5.41, 5.74) is -1.95. The summed E-state index contributed by atoms with van der Waals surface area (Å²) < 4.78 is 63.8. The first-order valence-corrected chi connectivity index (χ1v) is 7.34. The van der Waals surface area contributed by atoms with Crippen molar-refractivity contribution >= 4 is 10.0 Å². The van der Waals surface area contributed by atoms with Crippen LogP contribution in [0.3, 0.4) is 0 Å². The van der Waals surface area contributed by atoms with E-state index in [1.54, 1.807) is 0 Å². The van der Waals surface area contributed by atoms with E-state index in [2.05, 4.69) is 0 Å². The van der Waals surface area contributed by atoms with Crippen molar-refractivity contribution < 1.29 is 26.7 Å². The number of rotatable bonds is 5. The number of alkyl halides is 3. The second-order valence-corrected chi connectivity index (χ2v) is 5.98. The summed E-state index contributed by atoms with van der Waals surface area (Å²) >= 11 is 0. The van der Waals surface area contributed by atoms with Crippen LogP contribution in [0.1, 0.15) is 18.1 Å². The first kappa shape index (κ1) is 17.4. The van der Waals surface area contributed by atoms with Crippen LogP contribution >= 0.6 is 0 Å². The average molecular weight is 322 g/mol. The quantitative estimate of drug-likeness (QED) is 0.892. The summed E-state index contributed by atoms with van der Waals surface area (Å²) in [6, 6.07) is 3.59. The van der Waals surface area contributed by atoms with E-state index in [4.69, 9.17) is 10.4 Å². The van der Waals surface area contributed by atoms with Crippen molar-refractivity contribution in [2.75, 3.05) is 19.7 Å². The van der Waals surface area contributed by atoms with Crippen LogP contribution in [0.2, 0.25) is 0 Å². The molecule has 0 aliphatic heterocycles. The van der Waals surface area contributed by atoms with Gasteiger partial charge >= 0.3 is 6.18 Å². The molecule has 0 amide bonds. The number of sulfonamides is 1. The van der Waals surface area contributed by atoms with Gasteiger partial charge in [-0.2, -0.15) is 22.7 Å². The summed E-state index contributed by atoms with van der Waals surface area (Å²) in [5.74, 6) is 0. The Balaban J connectivity index is 3.42. The van der Waals surface area contributed by atoms with Gasteiger partial charge in [0.1, 0.15) is 0 Å². The van der Waals surface area contributed by atoms with Crippen LogP contribution in [-0.2, 0) is 16.2 Å². The topological polar surface area (TPSA) is 81.4 Å². The molecule has 0 radical (unpaired) electrons. The Labute approximate surface area is 120 Å². The fourth-order valence-electron chi connectivity index (χ4n) is 1.72. The summed E-state index contributed by atoms with van der Waals surface area (Å²) in [4.78, 5) is -0.566. The number of halogens is 3. The standard InChI is InChI=1S/C12H13F3N2O3S/c1-2-17(5-6-18)21(19,20)10-4-3-9(8-16)11(7-10)12(13,14)15/h3-4,7,18H,2,5-6H2,1H3. The molecule has 21 heavy (non-hydrogen) atoms. The van der Waals surface area contributed by atoms with Crippen molar-refractivity contribution in [3.63, 3.8) is 0 Å². The number of hydrogen-bond donors (Lipinski definition) is 1. The zero-order valence-corrected chi connectivity index (χ0v) is 11.9. The monoisotopic (exact) mass is 322 g/mol. The van der Waals surface area contributed by atoms with Gasteiger partial charge in [0.05, 0.1) is 28.7 Å². The Morgan fingerprint density at radius 3 is 2.43 bits per heavy atom. The third kappa shape index (κ3) is 3.72. The van der Waals surface area contributed by atoms with Gasteiger partial charge < -0.3 is 5.11 Å². The van der Waals surface area contributed by atoms with Crippen LogP contribution in [0, 0.1) is 11.3 Å². The van der Waals surface area contributed by atoms with Crippen LogP contribution < -0.4 is 0 Å². The molecule has 0 atom stereocenters. The summed E-state index contributed by atoms with van der Waals surface area (Å²) in [6.45, 7) is 0.835. The molecule has 9 heteroatoms. The number of likely N-dealkylation sites (N-methyl/N-ethyl adjacent to an activating group) is 1. The predicted octanol–water partition coefficient (Wildman–Crippen LogP) is 1.58. The molecule has 1 rings (SSSR count). The number of aliphatic hydroxyl groups excluding tert-OH is 1. The molecule has 0 aliphatic carbocycles. The van der Waals surface area contributed by atoms with Gasteiger partial charge in [0.25, 0.3) is 0 Å². The third-order valence-electron chi connectivity index (χ3n) is 2.76. The molecule has 0 bridgehead atoms. The zero-order valence-electron chi connectivity index (χ0n) is 11.1. The van der Waals surface area contributed by atoms with Gasteiger partial charge in [-0.25, -0.2) is 8.42 Å². The molecule has 0 aliphatic rings. The van der Waals surface area contributed by atoms with Gasteiger partial charge in [-0.1, -0.05) is 6.92 Å². The van der Waals surface area contributed by atoms with E-state index in [0.29, 0.717) is 6.07 Å². The summed E-state index contributed by atoms with van der Waals surface area (Å²) in [5, 5.41) is 17.5. The maximum atomic E-state index is 12.8. The third-order valence-corrected chi connectivity index (χ3v) is 4.73. The predicted molar refractivity (Wildman–Crippen MR) is 67.7 cm³/mol. The minimum atomic E-state index is -4.83. The van der Waals surface area contributed by atoms with Crippen LogP contribution in [0.5, 0.6) is 0 Å². The fourth-order valence-corrected chi connectivity index (χ4v) is 3.19. The second-order valence-electron chi connectivity index (χ2n) is 4.04. The lowest BCUT2D eigenvalue weighted by Gasteiger charge is -2.20. The lowest BCUT2D eigenvalue weighted by atomic mass is 10.1. The summed E-state index contributed by atoms with van der Waals surface area (Å²) in [7, 11) is -4.16. The lowest BCUT2D eigenvalue weighted by Crippen LogP contribution is -2.33. The van der Waals surface area contributed by atoms with E-state index in [1.807, 2.05) is 0 Å². The van der Waals surface area contributed by atoms with Crippen molar-refractivity contribution in [1.82, 2.24) is 4.31 Å². The molecular weight excluding hydrogens is 309 g/mol. The van der Waals surface area contributed by atoms with E-state index in [9.17, 15) is 21.6 Å². The highest BCUT2D eigenvalue weighted by Crippen LogP contribution is 2.33. The van der Waals surface area contributed by atoms with Gasteiger partial charge in [-0.3, -0.25) is 0 Å². The van der Waals surface area contributed by atoms with Gasteiger partial charge in [0, 0.05) is 13.1 Å². The normalized spacial score (nSPS) is 12.4. The fraction of sp³-hybridized carbons (Fsp3) is 0.417. The molecule has 1 aromatic rings. The molecule has 1 aromatic carbocycles. The number of hydrogen-bond acceptors (Lipinski definition) is 4. The molecule has 0 fully saturated rings. The van der Waals surface area contributed by atoms with Gasteiger partial charge in [-0.15, -0.1) is 0 Å². The van der Waals surface area contributed by atoms with Crippen molar-refractivity contribution in [2.24, 2.45) is 0 Å². The van der Waals surface area contributed by atoms with E-state index in [0.717, 1.165) is 16.4 Å². The van der Waals surface area contributed by atoms with Crippen molar-refractivity contribution in [3.8, 4) is 6.07 Å². The Morgan fingerprint density at radius 2 is 2.00 bits per heavy atom. The molecule has 0 unspecified atom stereocenters. The van der Waals surface area contributed by atoms with Gasteiger partial charge in [-0.05, 0) is 18.2 Å². The highest BCUT2D eigenvalue weighted by molar-refractivity contribution is 7.89. The molecule has 5 nitrogen and oxygen atoms in total. The number of benzene rings is 1.